The zero-order valence-corrected chi connectivity index (χ0v) is 14.5. The number of H-pyrrole nitrogens is 1. The summed E-state index contributed by atoms with van der Waals surface area (Å²) in [6.45, 7) is 0. The number of aromatic amines is 1. The largest absolute Gasteiger partial charge is 0.374 e. The Morgan fingerprint density at radius 2 is 2.08 bits per heavy atom. The van der Waals surface area contributed by atoms with Gasteiger partial charge in [0, 0.05) is 17.8 Å². The summed E-state index contributed by atoms with van der Waals surface area (Å²) in [7, 11) is 0. The van der Waals surface area contributed by atoms with E-state index in [2.05, 4.69) is 20.8 Å². The predicted octanol–water partition coefficient (Wildman–Crippen LogP) is 3.70. The van der Waals surface area contributed by atoms with Crippen molar-refractivity contribution in [2.24, 2.45) is 0 Å². The smallest absolute Gasteiger partial charge is 0.255 e. The summed E-state index contributed by atoms with van der Waals surface area (Å²) in [6.07, 6.45) is 11.1. The number of rotatable bonds is 3. The van der Waals surface area contributed by atoms with Crippen LogP contribution in [0.2, 0.25) is 0 Å². The third kappa shape index (κ3) is 2.19. The molecule has 0 atom stereocenters. The molecule has 126 valence electrons. The van der Waals surface area contributed by atoms with Crippen LogP contribution in [0, 0.1) is 0 Å². The molecule has 2 aromatic rings. The molecule has 1 spiro atoms. The molecule has 2 saturated carbocycles. The molecule has 0 bridgehead atoms. The number of anilines is 1. The van der Waals surface area contributed by atoms with Crippen molar-refractivity contribution >= 4 is 22.2 Å². The minimum Gasteiger partial charge on any atom is -0.374 e. The van der Waals surface area contributed by atoms with Crippen LogP contribution >= 0.6 is 11.3 Å². The second-order valence-electron chi connectivity index (χ2n) is 7.47. The van der Waals surface area contributed by atoms with E-state index in [1.54, 1.807) is 17.5 Å². The van der Waals surface area contributed by atoms with Gasteiger partial charge in [-0.25, -0.2) is 0 Å². The highest BCUT2D eigenvalue weighted by Crippen LogP contribution is 2.48. The Kier molecular flexibility index (Phi) is 3.23. The number of carbonyl (C=O) groups is 1. The van der Waals surface area contributed by atoms with Crippen molar-refractivity contribution in [2.45, 2.75) is 62.9 Å². The Morgan fingerprint density at radius 3 is 2.75 bits per heavy atom. The second kappa shape index (κ2) is 5.34. The van der Waals surface area contributed by atoms with Gasteiger partial charge in [0.25, 0.3) is 5.91 Å². The number of hydrogen-bond acceptors (Lipinski definition) is 4. The van der Waals surface area contributed by atoms with Crippen molar-refractivity contribution in [1.29, 1.82) is 0 Å². The van der Waals surface area contributed by atoms with Crippen molar-refractivity contribution in [3.8, 4) is 10.6 Å². The van der Waals surface area contributed by atoms with Crippen molar-refractivity contribution in [2.75, 3.05) is 5.32 Å². The normalized spacial score (nSPS) is 22.2. The summed E-state index contributed by atoms with van der Waals surface area (Å²) in [6, 6.07) is 2.51. The number of fused-ring (bicyclic) bond motifs is 1. The van der Waals surface area contributed by atoms with Gasteiger partial charge in [-0.2, -0.15) is 5.10 Å². The highest BCUT2D eigenvalue weighted by Gasteiger charge is 2.45. The lowest BCUT2D eigenvalue weighted by molar-refractivity contribution is 0.0798. The van der Waals surface area contributed by atoms with Gasteiger partial charge < -0.3 is 10.6 Å². The fourth-order valence-electron chi connectivity index (χ4n) is 4.42. The molecule has 1 amide bonds. The van der Waals surface area contributed by atoms with Crippen molar-refractivity contribution in [3.63, 3.8) is 0 Å². The lowest BCUT2D eigenvalue weighted by atomic mass is 9.70. The summed E-state index contributed by atoms with van der Waals surface area (Å²) < 4.78 is 0. The zero-order valence-electron chi connectivity index (χ0n) is 13.7. The van der Waals surface area contributed by atoms with Gasteiger partial charge in [-0.1, -0.05) is 12.8 Å². The molecule has 1 aliphatic heterocycles. The molecule has 2 aliphatic carbocycles. The van der Waals surface area contributed by atoms with E-state index in [1.807, 2.05) is 6.07 Å². The van der Waals surface area contributed by atoms with Gasteiger partial charge in [-0.05, 0) is 50.2 Å². The van der Waals surface area contributed by atoms with E-state index >= 15 is 0 Å². The third-order valence-electron chi connectivity index (χ3n) is 5.87. The lowest BCUT2D eigenvalue weighted by Gasteiger charge is -2.45. The van der Waals surface area contributed by atoms with Crippen LogP contribution in [-0.4, -0.2) is 27.7 Å². The molecule has 0 unspecified atom stereocenters. The average Bonchev–Trinajstić information content (AvgIpc) is 3.26. The Hall–Kier alpha value is -1.82. The fraction of sp³-hybridized carbons (Fsp3) is 0.556. The van der Waals surface area contributed by atoms with Gasteiger partial charge in [0.15, 0.2) is 0 Å². The summed E-state index contributed by atoms with van der Waals surface area (Å²) >= 11 is 1.72. The minimum atomic E-state index is 0.00452. The Labute approximate surface area is 145 Å². The van der Waals surface area contributed by atoms with Gasteiger partial charge in [0.05, 0.1) is 16.1 Å². The topological polar surface area (TPSA) is 69.8 Å². The van der Waals surface area contributed by atoms with Crippen LogP contribution in [-0.2, 0) is 6.42 Å². The first-order valence-corrected chi connectivity index (χ1v) is 9.80. The molecular weight excluding hydrogens is 320 g/mol. The van der Waals surface area contributed by atoms with Crippen molar-refractivity contribution in [1.82, 2.24) is 15.5 Å². The first-order valence-electron chi connectivity index (χ1n) is 8.99. The molecule has 5 nitrogen and oxygen atoms in total. The van der Waals surface area contributed by atoms with Crippen LogP contribution < -0.4 is 10.6 Å². The van der Waals surface area contributed by atoms with E-state index in [0.717, 1.165) is 35.5 Å². The van der Waals surface area contributed by atoms with Crippen LogP contribution in [0.3, 0.4) is 0 Å². The molecule has 6 heteroatoms. The maximum absolute atomic E-state index is 12.9. The molecule has 3 N–H and O–H groups in total. The lowest BCUT2D eigenvalue weighted by Crippen LogP contribution is -2.57. The summed E-state index contributed by atoms with van der Waals surface area (Å²) in [5.41, 5.74) is 3.13. The van der Waals surface area contributed by atoms with E-state index in [0.29, 0.717) is 6.04 Å². The first kappa shape index (κ1) is 14.5. The van der Waals surface area contributed by atoms with Crippen LogP contribution in [0.15, 0.2) is 12.3 Å². The molecule has 0 radical (unpaired) electrons. The predicted molar refractivity (Wildman–Crippen MR) is 95.5 cm³/mol. The SMILES string of the molecule is O=C1NC2(CCC2)Cc2c(-c3ccn[nH]3)sc(NC3CCCC3)c21. The summed E-state index contributed by atoms with van der Waals surface area (Å²) in [5, 5.41) is 15.2. The van der Waals surface area contributed by atoms with Gasteiger partial charge in [0.2, 0.25) is 0 Å². The summed E-state index contributed by atoms with van der Waals surface area (Å²) in [4.78, 5) is 14.1. The molecule has 5 rings (SSSR count). The third-order valence-corrected chi connectivity index (χ3v) is 7.07. The zero-order chi connectivity index (χ0) is 16.1. The molecule has 2 aromatic heterocycles. The molecule has 3 heterocycles. The number of nitrogens with one attached hydrogen (secondary N) is 3. The number of aromatic nitrogens is 2. The van der Waals surface area contributed by atoms with Crippen molar-refractivity contribution < 1.29 is 4.79 Å². The average molecular weight is 342 g/mol. The fourth-order valence-corrected chi connectivity index (χ4v) is 5.69. The molecule has 24 heavy (non-hydrogen) atoms. The van der Waals surface area contributed by atoms with E-state index in [1.165, 1.54) is 42.5 Å². The van der Waals surface area contributed by atoms with Gasteiger partial charge >= 0.3 is 0 Å². The number of hydrogen-bond donors (Lipinski definition) is 3. The summed E-state index contributed by atoms with van der Waals surface area (Å²) in [5.74, 6) is 0.110. The first-order chi connectivity index (χ1) is 11.7. The van der Waals surface area contributed by atoms with Crippen LogP contribution in [0.1, 0.15) is 60.9 Å². The van der Waals surface area contributed by atoms with Gasteiger partial charge in [-0.15, -0.1) is 11.3 Å². The van der Waals surface area contributed by atoms with E-state index < -0.39 is 0 Å². The van der Waals surface area contributed by atoms with Crippen molar-refractivity contribution in [3.05, 3.63) is 23.4 Å². The highest BCUT2D eigenvalue weighted by atomic mass is 32.1. The number of amides is 1. The second-order valence-corrected chi connectivity index (χ2v) is 8.50. The number of carbonyl (C=O) groups excluding carboxylic acids is 1. The molecule has 2 fully saturated rings. The number of nitrogens with zero attached hydrogens (tertiary/aromatic N) is 1. The van der Waals surface area contributed by atoms with E-state index in [-0.39, 0.29) is 11.4 Å². The van der Waals surface area contributed by atoms with Crippen LogP contribution in [0.25, 0.3) is 10.6 Å². The molecule has 0 saturated heterocycles. The monoisotopic (exact) mass is 342 g/mol. The van der Waals surface area contributed by atoms with Crippen LogP contribution in [0.5, 0.6) is 0 Å². The highest BCUT2D eigenvalue weighted by molar-refractivity contribution is 7.20. The quantitative estimate of drug-likeness (QED) is 0.796. The Balaban J connectivity index is 1.59. The Bertz CT molecular complexity index is 769. The minimum absolute atomic E-state index is 0.00452. The standard InChI is InChI=1S/C18H22N4OS/c23-16-14-12(10-18(21-16)7-3-8-18)15(13-6-9-19-22-13)24-17(14)20-11-4-1-2-5-11/h6,9,11,20H,1-5,7-8,10H2,(H,19,22)(H,21,23). The maximum atomic E-state index is 12.9. The maximum Gasteiger partial charge on any atom is 0.255 e. The van der Waals surface area contributed by atoms with Gasteiger partial charge in [-0.3, -0.25) is 9.89 Å². The molecule has 0 aromatic carbocycles. The van der Waals surface area contributed by atoms with E-state index in [9.17, 15) is 4.79 Å². The van der Waals surface area contributed by atoms with Crippen LogP contribution in [0.4, 0.5) is 5.00 Å². The number of thiophene rings is 1. The van der Waals surface area contributed by atoms with Gasteiger partial charge in [0.1, 0.15) is 5.00 Å². The molecular formula is C18H22N4OS. The van der Waals surface area contributed by atoms with E-state index in [4.69, 9.17) is 0 Å². The Morgan fingerprint density at radius 1 is 1.25 bits per heavy atom. The molecule has 3 aliphatic rings.